The van der Waals surface area contributed by atoms with Crippen LogP contribution in [0.2, 0.25) is 0 Å². The number of hydrogen-bond acceptors (Lipinski definition) is 5. The molecule has 3 N–H and O–H groups in total. The Labute approximate surface area is 178 Å². The molecule has 0 saturated carbocycles. The number of benzene rings is 2. The number of rotatable bonds is 8. The SMILES string of the molecule is C=CCNC(=O)c1ccccc1NC(=O)c1cccc(NS(=O)(=O)c2cccs2)c1. The number of nitrogens with one attached hydrogen (secondary N) is 3. The molecular formula is C21H19N3O4S2. The summed E-state index contributed by atoms with van der Waals surface area (Å²) in [5.74, 6) is -0.820. The van der Waals surface area contributed by atoms with Gasteiger partial charge in [0, 0.05) is 17.8 Å². The molecule has 1 heterocycles. The van der Waals surface area contributed by atoms with Gasteiger partial charge in [-0.05, 0) is 41.8 Å². The molecule has 0 unspecified atom stereocenters. The van der Waals surface area contributed by atoms with Crippen LogP contribution in [0, 0.1) is 0 Å². The van der Waals surface area contributed by atoms with Crippen molar-refractivity contribution in [3.05, 3.63) is 89.8 Å². The Hall–Kier alpha value is -3.43. The minimum absolute atomic E-state index is 0.178. The van der Waals surface area contributed by atoms with Gasteiger partial charge in [0.15, 0.2) is 0 Å². The fourth-order valence-corrected chi connectivity index (χ4v) is 4.63. The molecule has 2 aromatic carbocycles. The first-order valence-electron chi connectivity index (χ1n) is 8.86. The Bertz CT molecular complexity index is 1170. The van der Waals surface area contributed by atoms with E-state index in [-0.39, 0.29) is 21.4 Å². The maximum atomic E-state index is 12.7. The van der Waals surface area contributed by atoms with Gasteiger partial charge in [-0.25, -0.2) is 8.42 Å². The molecule has 0 aliphatic rings. The molecule has 3 aromatic rings. The van der Waals surface area contributed by atoms with Crippen LogP contribution in [-0.2, 0) is 10.0 Å². The van der Waals surface area contributed by atoms with E-state index >= 15 is 0 Å². The van der Waals surface area contributed by atoms with E-state index in [1.54, 1.807) is 60.0 Å². The predicted molar refractivity (Wildman–Crippen MR) is 118 cm³/mol. The standard InChI is InChI=1S/C21H19N3O4S2/c1-2-12-22-21(26)17-9-3-4-10-18(17)23-20(25)15-7-5-8-16(14-15)24-30(27,28)19-11-6-13-29-19/h2-11,13-14,24H,1,12H2,(H,22,26)(H,23,25). The van der Waals surface area contributed by atoms with Gasteiger partial charge in [-0.1, -0.05) is 30.3 Å². The van der Waals surface area contributed by atoms with Crippen molar-refractivity contribution in [1.82, 2.24) is 5.32 Å². The summed E-state index contributed by atoms with van der Waals surface area (Å²) in [5.41, 5.74) is 1.15. The highest BCUT2D eigenvalue weighted by atomic mass is 32.2. The van der Waals surface area contributed by atoms with Gasteiger partial charge in [-0.15, -0.1) is 17.9 Å². The van der Waals surface area contributed by atoms with Crippen molar-refractivity contribution in [2.75, 3.05) is 16.6 Å². The lowest BCUT2D eigenvalue weighted by Crippen LogP contribution is -2.25. The molecule has 0 aliphatic heterocycles. The molecule has 9 heteroatoms. The van der Waals surface area contributed by atoms with Crippen LogP contribution < -0.4 is 15.4 Å². The second-order valence-electron chi connectivity index (χ2n) is 6.12. The van der Waals surface area contributed by atoms with Crippen LogP contribution >= 0.6 is 11.3 Å². The molecule has 0 fully saturated rings. The Kier molecular flexibility index (Phi) is 6.65. The molecule has 3 rings (SSSR count). The molecule has 30 heavy (non-hydrogen) atoms. The first kappa shape index (κ1) is 21.3. The van der Waals surface area contributed by atoms with E-state index in [9.17, 15) is 18.0 Å². The predicted octanol–water partition coefficient (Wildman–Crippen LogP) is 3.72. The quantitative estimate of drug-likeness (QED) is 0.464. The largest absolute Gasteiger partial charge is 0.349 e. The molecule has 0 radical (unpaired) electrons. The van der Waals surface area contributed by atoms with E-state index in [4.69, 9.17) is 0 Å². The highest BCUT2D eigenvalue weighted by Crippen LogP contribution is 2.22. The number of para-hydroxylation sites is 1. The zero-order valence-corrected chi connectivity index (χ0v) is 17.4. The molecule has 154 valence electrons. The van der Waals surface area contributed by atoms with Gasteiger partial charge >= 0.3 is 0 Å². The number of sulfonamides is 1. The summed E-state index contributed by atoms with van der Waals surface area (Å²) in [5, 5.41) is 7.03. The normalized spacial score (nSPS) is 10.8. The zero-order chi connectivity index (χ0) is 21.6. The Morgan fingerprint density at radius 2 is 1.80 bits per heavy atom. The molecule has 7 nitrogen and oxygen atoms in total. The monoisotopic (exact) mass is 441 g/mol. The summed E-state index contributed by atoms with van der Waals surface area (Å²) in [6.45, 7) is 3.85. The van der Waals surface area contributed by atoms with E-state index in [0.29, 0.717) is 17.8 Å². The van der Waals surface area contributed by atoms with Crippen molar-refractivity contribution < 1.29 is 18.0 Å². The third-order valence-electron chi connectivity index (χ3n) is 3.96. The van der Waals surface area contributed by atoms with E-state index in [2.05, 4.69) is 21.9 Å². The molecule has 0 atom stereocenters. The van der Waals surface area contributed by atoms with Crippen LogP contribution in [0.1, 0.15) is 20.7 Å². The average Bonchev–Trinajstić information content (AvgIpc) is 3.28. The smallest absolute Gasteiger partial charge is 0.271 e. The van der Waals surface area contributed by atoms with Crippen LogP contribution in [0.25, 0.3) is 0 Å². The molecule has 0 aliphatic carbocycles. The minimum Gasteiger partial charge on any atom is -0.349 e. The Balaban J connectivity index is 1.78. The molecule has 1 aromatic heterocycles. The lowest BCUT2D eigenvalue weighted by Gasteiger charge is -2.12. The molecule has 0 saturated heterocycles. The van der Waals surface area contributed by atoms with Crippen molar-refractivity contribution in [1.29, 1.82) is 0 Å². The fourth-order valence-electron chi connectivity index (χ4n) is 2.59. The zero-order valence-electron chi connectivity index (χ0n) is 15.8. The van der Waals surface area contributed by atoms with Crippen LogP contribution in [0.5, 0.6) is 0 Å². The maximum absolute atomic E-state index is 12.7. The maximum Gasteiger partial charge on any atom is 0.271 e. The number of thiophene rings is 1. The summed E-state index contributed by atoms with van der Waals surface area (Å²) in [6, 6.07) is 15.9. The van der Waals surface area contributed by atoms with Crippen molar-refractivity contribution in [2.45, 2.75) is 4.21 Å². The number of carbonyl (C=O) groups excluding carboxylic acids is 2. The summed E-state index contributed by atoms with van der Waals surface area (Å²) < 4.78 is 27.4. The van der Waals surface area contributed by atoms with Gasteiger partial charge in [0.05, 0.1) is 11.3 Å². The third kappa shape index (κ3) is 5.13. The minimum atomic E-state index is -3.72. The van der Waals surface area contributed by atoms with Crippen molar-refractivity contribution in [2.24, 2.45) is 0 Å². The lowest BCUT2D eigenvalue weighted by atomic mass is 10.1. The van der Waals surface area contributed by atoms with Crippen molar-refractivity contribution >= 4 is 44.5 Å². The summed E-state index contributed by atoms with van der Waals surface area (Å²) in [7, 11) is -3.72. The van der Waals surface area contributed by atoms with E-state index < -0.39 is 15.9 Å². The second-order valence-corrected chi connectivity index (χ2v) is 8.97. The summed E-state index contributed by atoms with van der Waals surface area (Å²) in [4.78, 5) is 25.0. The first-order chi connectivity index (χ1) is 14.4. The van der Waals surface area contributed by atoms with Gasteiger partial charge < -0.3 is 10.6 Å². The molecule has 0 spiro atoms. The van der Waals surface area contributed by atoms with E-state index in [1.165, 1.54) is 12.1 Å². The number of hydrogen-bond donors (Lipinski definition) is 3. The van der Waals surface area contributed by atoms with Crippen molar-refractivity contribution in [3.63, 3.8) is 0 Å². The molecular weight excluding hydrogens is 422 g/mol. The highest BCUT2D eigenvalue weighted by Gasteiger charge is 2.17. The van der Waals surface area contributed by atoms with Gasteiger partial charge in [0.1, 0.15) is 4.21 Å². The van der Waals surface area contributed by atoms with Crippen LogP contribution in [0.4, 0.5) is 11.4 Å². The number of anilines is 2. The van der Waals surface area contributed by atoms with Gasteiger partial charge in [0.25, 0.3) is 21.8 Å². The summed E-state index contributed by atoms with van der Waals surface area (Å²) in [6.07, 6.45) is 1.56. The van der Waals surface area contributed by atoms with Crippen LogP contribution in [0.3, 0.4) is 0 Å². The molecule has 0 bridgehead atoms. The lowest BCUT2D eigenvalue weighted by molar-refractivity contribution is 0.0959. The Morgan fingerprint density at radius 3 is 2.53 bits per heavy atom. The van der Waals surface area contributed by atoms with Crippen molar-refractivity contribution in [3.8, 4) is 0 Å². The summed E-state index contributed by atoms with van der Waals surface area (Å²) >= 11 is 1.10. The van der Waals surface area contributed by atoms with Crippen LogP contribution in [0.15, 0.2) is 82.9 Å². The number of carbonyl (C=O) groups is 2. The first-order valence-corrected chi connectivity index (χ1v) is 11.2. The topological polar surface area (TPSA) is 104 Å². The fraction of sp³-hybridized carbons (Fsp3) is 0.0476. The average molecular weight is 442 g/mol. The van der Waals surface area contributed by atoms with Gasteiger partial charge in [0.2, 0.25) is 0 Å². The van der Waals surface area contributed by atoms with E-state index in [0.717, 1.165) is 11.3 Å². The van der Waals surface area contributed by atoms with Gasteiger partial charge in [-0.2, -0.15) is 0 Å². The molecule has 2 amide bonds. The third-order valence-corrected chi connectivity index (χ3v) is 6.74. The van der Waals surface area contributed by atoms with E-state index in [1.807, 2.05) is 0 Å². The van der Waals surface area contributed by atoms with Crippen LogP contribution in [-0.4, -0.2) is 26.8 Å². The second kappa shape index (κ2) is 9.38. The Morgan fingerprint density at radius 1 is 1.00 bits per heavy atom. The van der Waals surface area contributed by atoms with Gasteiger partial charge in [-0.3, -0.25) is 14.3 Å². The highest BCUT2D eigenvalue weighted by molar-refractivity contribution is 7.94. The number of amides is 2.